The Morgan fingerprint density at radius 3 is 1.57 bits per heavy atom. The SMILES string of the molecule is CCc1c(Br)cccc1[C@H]1O[C@H](OC(=O)C(C)(C)CC)[C@H](OC(=O)C(C)(C)C)[C@H](OC(=O)C(C)(C)C)[C@@H]1OC(=O)C(C)(C)C. The number of hydrogen-bond acceptors (Lipinski definition) is 9. The van der Waals surface area contributed by atoms with Gasteiger partial charge in [-0.05, 0) is 106 Å². The van der Waals surface area contributed by atoms with Crippen molar-refractivity contribution in [3.05, 3.63) is 33.8 Å². The molecular weight excluding hydrogens is 632 g/mol. The van der Waals surface area contributed by atoms with E-state index in [4.69, 9.17) is 23.7 Å². The largest absolute Gasteiger partial charge is 0.455 e. The van der Waals surface area contributed by atoms with Crippen molar-refractivity contribution in [1.82, 2.24) is 0 Å². The van der Waals surface area contributed by atoms with Crippen LogP contribution in [0.3, 0.4) is 0 Å². The maximum absolute atomic E-state index is 13.5. The molecule has 1 saturated heterocycles. The van der Waals surface area contributed by atoms with Gasteiger partial charge in [-0.2, -0.15) is 0 Å². The molecule has 0 unspecified atom stereocenters. The van der Waals surface area contributed by atoms with E-state index in [-0.39, 0.29) is 0 Å². The van der Waals surface area contributed by atoms with Crippen molar-refractivity contribution in [2.45, 2.75) is 134 Å². The standard InChI is InChI=1S/C34H51BrO9/c1-14-19-20(17-16-18-21(19)35)22-23(41-27(36)31(3,4)5)24(42-28(37)32(6,7)8)25(43-29(38)33(9,10)11)26(40-22)44-30(39)34(12,13)15-2/h16-18,22-26H,14-15H2,1-13H3/t22-,23-,24-,25-,26-/m1/s1. The molecule has 1 heterocycles. The summed E-state index contributed by atoms with van der Waals surface area (Å²) in [5, 5.41) is 0. The van der Waals surface area contributed by atoms with Gasteiger partial charge >= 0.3 is 23.9 Å². The molecule has 0 N–H and O–H groups in total. The van der Waals surface area contributed by atoms with E-state index in [9.17, 15) is 19.2 Å². The first kappa shape index (κ1) is 37.7. The van der Waals surface area contributed by atoms with Crippen LogP contribution in [-0.4, -0.2) is 48.5 Å². The first-order chi connectivity index (χ1) is 19.9. The quantitative estimate of drug-likeness (QED) is 0.206. The Labute approximate surface area is 271 Å². The van der Waals surface area contributed by atoms with Crippen LogP contribution in [0, 0.1) is 21.7 Å². The van der Waals surface area contributed by atoms with Crippen molar-refractivity contribution in [2.24, 2.45) is 21.7 Å². The first-order valence-corrected chi connectivity index (χ1v) is 16.0. The zero-order valence-corrected chi connectivity index (χ0v) is 30.2. The third-order valence-electron chi connectivity index (χ3n) is 7.54. The fraction of sp³-hybridized carbons (Fsp3) is 0.706. The van der Waals surface area contributed by atoms with E-state index in [1.54, 1.807) is 76.2 Å². The molecular formula is C34H51BrO9. The third kappa shape index (κ3) is 9.05. The number of benzene rings is 1. The fourth-order valence-electron chi connectivity index (χ4n) is 4.07. The van der Waals surface area contributed by atoms with Crippen LogP contribution in [0.25, 0.3) is 0 Å². The molecule has 0 bridgehead atoms. The minimum Gasteiger partial charge on any atom is -0.455 e. The van der Waals surface area contributed by atoms with Gasteiger partial charge in [-0.15, -0.1) is 0 Å². The molecule has 44 heavy (non-hydrogen) atoms. The summed E-state index contributed by atoms with van der Waals surface area (Å²) in [6, 6.07) is 5.52. The average molecular weight is 684 g/mol. The number of carbonyl (C=O) groups is 4. The van der Waals surface area contributed by atoms with E-state index in [0.717, 1.165) is 10.0 Å². The van der Waals surface area contributed by atoms with Gasteiger partial charge in [0.15, 0.2) is 12.2 Å². The Bertz CT molecular complexity index is 1220. The molecule has 1 aliphatic rings. The molecule has 1 aromatic carbocycles. The molecule has 0 spiro atoms. The zero-order chi connectivity index (χ0) is 34.0. The number of rotatable bonds is 8. The van der Waals surface area contributed by atoms with Crippen molar-refractivity contribution < 1.29 is 42.9 Å². The second-order valence-corrected chi connectivity index (χ2v) is 15.9. The molecule has 2 rings (SSSR count). The second kappa shape index (κ2) is 13.9. The monoisotopic (exact) mass is 682 g/mol. The van der Waals surface area contributed by atoms with Crippen molar-refractivity contribution in [3.63, 3.8) is 0 Å². The van der Waals surface area contributed by atoms with Crippen LogP contribution >= 0.6 is 15.9 Å². The second-order valence-electron chi connectivity index (χ2n) is 15.1. The Balaban J connectivity index is 2.90. The van der Waals surface area contributed by atoms with Crippen molar-refractivity contribution in [3.8, 4) is 0 Å². The van der Waals surface area contributed by atoms with Gasteiger partial charge in [-0.1, -0.05) is 41.9 Å². The lowest BCUT2D eigenvalue weighted by Crippen LogP contribution is -2.61. The summed E-state index contributed by atoms with van der Waals surface area (Å²) in [6.45, 7) is 22.5. The lowest BCUT2D eigenvalue weighted by atomic mass is 9.88. The molecule has 0 radical (unpaired) electrons. The van der Waals surface area contributed by atoms with Crippen LogP contribution in [0.4, 0.5) is 0 Å². The minimum absolute atomic E-state index is 0.467. The van der Waals surface area contributed by atoms with E-state index in [1.165, 1.54) is 0 Å². The van der Waals surface area contributed by atoms with E-state index < -0.39 is 76.2 Å². The Morgan fingerprint density at radius 2 is 1.14 bits per heavy atom. The molecule has 0 amide bonds. The molecule has 1 aliphatic heterocycles. The van der Waals surface area contributed by atoms with Gasteiger partial charge in [-0.25, -0.2) is 0 Å². The molecule has 0 aliphatic carbocycles. The normalized spacial score (nSPS) is 23.0. The molecule has 248 valence electrons. The average Bonchev–Trinajstić information content (AvgIpc) is 2.89. The van der Waals surface area contributed by atoms with E-state index in [1.807, 2.05) is 32.0 Å². The predicted octanol–water partition coefficient (Wildman–Crippen LogP) is 7.26. The molecule has 0 aromatic heterocycles. The Kier molecular flexibility index (Phi) is 11.9. The zero-order valence-electron chi connectivity index (χ0n) is 28.6. The van der Waals surface area contributed by atoms with E-state index in [0.29, 0.717) is 18.4 Å². The van der Waals surface area contributed by atoms with Gasteiger partial charge in [0.25, 0.3) is 0 Å². The van der Waals surface area contributed by atoms with Gasteiger partial charge in [-0.3, -0.25) is 19.2 Å². The summed E-state index contributed by atoms with van der Waals surface area (Å²) in [4.78, 5) is 53.7. The summed E-state index contributed by atoms with van der Waals surface area (Å²) < 4.78 is 31.5. The summed E-state index contributed by atoms with van der Waals surface area (Å²) in [5.41, 5.74) is -2.26. The number of hydrogen-bond donors (Lipinski definition) is 0. The summed E-state index contributed by atoms with van der Waals surface area (Å²) >= 11 is 3.61. The first-order valence-electron chi connectivity index (χ1n) is 15.2. The number of halogens is 1. The van der Waals surface area contributed by atoms with Gasteiger partial charge in [0.05, 0.1) is 21.7 Å². The highest BCUT2D eigenvalue weighted by molar-refractivity contribution is 9.10. The van der Waals surface area contributed by atoms with Gasteiger partial charge in [0, 0.05) is 4.47 Å². The van der Waals surface area contributed by atoms with Crippen molar-refractivity contribution in [2.75, 3.05) is 0 Å². The Hall–Kier alpha value is -2.46. The smallest absolute Gasteiger partial charge is 0.313 e. The van der Waals surface area contributed by atoms with Gasteiger partial charge in [0.1, 0.15) is 6.10 Å². The number of carbonyl (C=O) groups excluding carboxylic acids is 4. The summed E-state index contributed by atoms with van der Waals surface area (Å²) in [5.74, 6) is -2.43. The lowest BCUT2D eigenvalue weighted by molar-refractivity contribution is -0.304. The van der Waals surface area contributed by atoms with Crippen LogP contribution in [0.5, 0.6) is 0 Å². The molecule has 1 fully saturated rings. The highest BCUT2D eigenvalue weighted by Crippen LogP contribution is 2.43. The molecule has 0 saturated carbocycles. The molecule has 1 aromatic rings. The summed E-state index contributed by atoms with van der Waals surface area (Å²) in [7, 11) is 0. The van der Waals surface area contributed by atoms with Gasteiger partial charge < -0.3 is 23.7 Å². The van der Waals surface area contributed by atoms with E-state index in [2.05, 4.69) is 15.9 Å². The number of ether oxygens (including phenoxy) is 5. The predicted molar refractivity (Wildman–Crippen MR) is 169 cm³/mol. The highest BCUT2D eigenvalue weighted by Gasteiger charge is 2.56. The molecule has 10 heteroatoms. The van der Waals surface area contributed by atoms with Crippen LogP contribution < -0.4 is 0 Å². The highest BCUT2D eigenvalue weighted by atomic mass is 79.9. The van der Waals surface area contributed by atoms with Crippen LogP contribution in [-0.2, 0) is 49.3 Å². The maximum atomic E-state index is 13.5. The van der Waals surface area contributed by atoms with Crippen molar-refractivity contribution in [1.29, 1.82) is 0 Å². The van der Waals surface area contributed by atoms with Crippen LogP contribution in [0.15, 0.2) is 22.7 Å². The third-order valence-corrected chi connectivity index (χ3v) is 8.28. The topological polar surface area (TPSA) is 114 Å². The number of esters is 4. The van der Waals surface area contributed by atoms with Crippen LogP contribution in [0.1, 0.15) is 114 Å². The van der Waals surface area contributed by atoms with Crippen molar-refractivity contribution >= 4 is 39.8 Å². The maximum Gasteiger partial charge on any atom is 0.313 e. The summed E-state index contributed by atoms with van der Waals surface area (Å²) in [6.07, 6.45) is -5.60. The van der Waals surface area contributed by atoms with Crippen LogP contribution in [0.2, 0.25) is 0 Å². The van der Waals surface area contributed by atoms with E-state index >= 15 is 0 Å². The fourth-order valence-corrected chi connectivity index (χ4v) is 4.73. The molecule has 9 nitrogen and oxygen atoms in total. The Morgan fingerprint density at radius 1 is 0.682 bits per heavy atom. The molecule has 5 atom stereocenters. The minimum atomic E-state index is -1.49. The lowest BCUT2D eigenvalue weighted by Gasteiger charge is -2.46. The van der Waals surface area contributed by atoms with Gasteiger partial charge in [0.2, 0.25) is 12.4 Å².